The number of aromatic nitrogens is 2. The van der Waals surface area contributed by atoms with Gasteiger partial charge in [0.1, 0.15) is 0 Å². The molecule has 0 saturated heterocycles. The maximum absolute atomic E-state index is 14.1. The Balaban J connectivity index is 1.93. The van der Waals surface area contributed by atoms with Gasteiger partial charge in [-0.15, -0.1) is 0 Å². The minimum Gasteiger partial charge on any atom is -0.379 e. The number of benzene rings is 2. The SMILES string of the molecule is CC1(C)CC(O)(C(F)(F)F)C(Nc2cccc3[nH]ncc23)c2cc(Cl)ccc21. The Labute approximate surface area is 164 Å². The van der Waals surface area contributed by atoms with Crippen LogP contribution in [-0.4, -0.2) is 27.1 Å². The summed E-state index contributed by atoms with van der Waals surface area (Å²) in [6.07, 6.45) is -3.78. The van der Waals surface area contributed by atoms with E-state index >= 15 is 0 Å². The lowest BCUT2D eigenvalue weighted by Crippen LogP contribution is -2.58. The molecule has 4 rings (SSSR count). The summed E-state index contributed by atoms with van der Waals surface area (Å²) in [7, 11) is 0. The van der Waals surface area contributed by atoms with Crippen LogP contribution in [0.4, 0.5) is 18.9 Å². The second-order valence-corrected chi connectivity index (χ2v) is 8.36. The third kappa shape index (κ3) is 2.84. The Morgan fingerprint density at radius 3 is 2.71 bits per heavy atom. The molecular formula is C20H19ClF3N3O. The molecule has 0 saturated carbocycles. The van der Waals surface area contributed by atoms with Gasteiger partial charge in [0, 0.05) is 16.1 Å². The summed E-state index contributed by atoms with van der Waals surface area (Å²) in [4.78, 5) is 0. The molecule has 0 spiro atoms. The fourth-order valence-electron chi connectivity index (χ4n) is 4.23. The van der Waals surface area contributed by atoms with E-state index in [1.807, 2.05) is 0 Å². The molecule has 3 aromatic rings. The predicted octanol–water partition coefficient (Wildman–Crippen LogP) is 5.34. The van der Waals surface area contributed by atoms with Gasteiger partial charge in [0.25, 0.3) is 0 Å². The van der Waals surface area contributed by atoms with Crippen LogP contribution in [0.5, 0.6) is 0 Å². The quantitative estimate of drug-likeness (QED) is 0.535. The average molecular weight is 410 g/mol. The van der Waals surface area contributed by atoms with Crippen molar-refractivity contribution in [2.45, 2.75) is 43.5 Å². The summed E-state index contributed by atoms with van der Waals surface area (Å²) in [6.45, 7) is 3.40. The van der Waals surface area contributed by atoms with E-state index in [4.69, 9.17) is 11.6 Å². The van der Waals surface area contributed by atoms with Crippen molar-refractivity contribution in [2.75, 3.05) is 5.32 Å². The van der Waals surface area contributed by atoms with Gasteiger partial charge in [0.2, 0.25) is 0 Å². The number of hydrogen-bond donors (Lipinski definition) is 3. The molecule has 0 bridgehead atoms. The van der Waals surface area contributed by atoms with Crippen LogP contribution in [0.3, 0.4) is 0 Å². The topological polar surface area (TPSA) is 60.9 Å². The van der Waals surface area contributed by atoms with Gasteiger partial charge in [-0.1, -0.05) is 37.6 Å². The van der Waals surface area contributed by atoms with Gasteiger partial charge in [0.05, 0.1) is 17.8 Å². The molecule has 2 aromatic carbocycles. The molecule has 0 fully saturated rings. The molecule has 0 radical (unpaired) electrons. The Morgan fingerprint density at radius 2 is 2.00 bits per heavy atom. The highest BCUT2D eigenvalue weighted by atomic mass is 35.5. The van der Waals surface area contributed by atoms with Crippen molar-refractivity contribution >= 4 is 28.2 Å². The lowest BCUT2D eigenvalue weighted by Gasteiger charge is -2.49. The van der Waals surface area contributed by atoms with Gasteiger partial charge >= 0.3 is 6.18 Å². The highest BCUT2D eigenvalue weighted by Gasteiger charge is 2.63. The normalized spacial score (nSPS) is 24.2. The molecule has 148 valence electrons. The molecule has 2 atom stereocenters. The van der Waals surface area contributed by atoms with Crippen LogP contribution in [0.2, 0.25) is 5.02 Å². The largest absolute Gasteiger partial charge is 0.419 e. The van der Waals surface area contributed by atoms with E-state index in [1.54, 1.807) is 44.2 Å². The molecule has 28 heavy (non-hydrogen) atoms. The summed E-state index contributed by atoms with van der Waals surface area (Å²) in [5.41, 5.74) is -1.66. The van der Waals surface area contributed by atoms with Crippen molar-refractivity contribution in [1.29, 1.82) is 0 Å². The minimum atomic E-state index is -4.84. The smallest absolute Gasteiger partial charge is 0.379 e. The number of nitrogens with zero attached hydrogens (tertiary/aromatic N) is 1. The van der Waals surface area contributed by atoms with Crippen LogP contribution < -0.4 is 5.32 Å². The van der Waals surface area contributed by atoms with E-state index in [-0.39, 0.29) is 0 Å². The maximum atomic E-state index is 14.1. The first kappa shape index (κ1) is 19.1. The minimum absolute atomic E-state index is 0.314. The fraction of sp³-hybridized carbons (Fsp3) is 0.350. The number of halogens is 4. The summed E-state index contributed by atoms with van der Waals surface area (Å²) >= 11 is 6.12. The number of H-pyrrole nitrogens is 1. The third-order valence-corrected chi connectivity index (χ3v) is 5.75. The molecule has 2 unspecified atom stereocenters. The van der Waals surface area contributed by atoms with Crippen molar-refractivity contribution in [1.82, 2.24) is 10.2 Å². The lowest BCUT2D eigenvalue weighted by molar-refractivity contribution is -0.275. The highest BCUT2D eigenvalue weighted by molar-refractivity contribution is 6.30. The van der Waals surface area contributed by atoms with Gasteiger partial charge < -0.3 is 10.4 Å². The van der Waals surface area contributed by atoms with E-state index in [1.165, 1.54) is 12.3 Å². The number of hydrogen-bond acceptors (Lipinski definition) is 3. The van der Waals surface area contributed by atoms with Crippen molar-refractivity contribution in [2.24, 2.45) is 0 Å². The average Bonchev–Trinajstić information content (AvgIpc) is 3.06. The lowest BCUT2D eigenvalue weighted by atomic mass is 9.63. The number of aromatic amines is 1. The number of nitrogens with one attached hydrogen (secondary N) is 2. The summed E-state index contributed by atoms with van der Waals surface area (Å²) in [5.74, 6) is 0. The number of fused-ring (bicyclic) bond motifs is 2. The third-order valence-electron chi connectivity index (χ3n) is 5.52. The monoisotopic (exact) mass is 409 g/mol. The van der Waals surface area contributed by atoms with E-state index in [2.05, 4.69) is 15.5 Å². The van der Waals surface area contributed by atoms with E-state index < -0.39 is 29.7 Å². The molecule has 4 nitrogen and oxygen atoms in total. The zero-order chi connectivity index (χ0) is 20.3. The number of anilines is 1. The summed E-state index contributed by atoms with van der Waals surface area (Å²) in [5, 5.41) is 21.6. The Hall–Kier alpha value is -2.25. The van der Waals surface area contributed by atoms with Crippen molar-refractivity contribution in [3.05, 3.63) is 58.7 Å². The molecule has 0 amide bonds. The summed E-state index contributed by atoms with van der Waals surface area (Å²) < 4.78 is 42.4. The van der Waals surface area contributed by atoms with E-state index in [0.717, 1.165) is 5.56 Å². The molecule has 1 aliphatic carbocycles. The standard InChI is InChI=1S/C20H19ClF3N3O/c1-18(2)10-19(28,20(22,23)24)17(12-8-11(21)6-7-14(12)18)26-15-4-3-5-16-13(15)9-25-27-16/h3-9,17,26,28H,10H2,1-2H3,(H,25,27). The van der Waals surface area contributed by atoms with Gasteiger partial charge in [-0.3, -0.25) is 5.10 Å². The van der Waals surface area contributed by atoms with Gasteiger partial charge in [-0.25, -0.2) is 0 Å². The zero-order valence-electron chi connectivity index (χ0n) is 15.2. The fourth-order valence-corrected chi connectivity index (χ4v) is 4.41. The molecular weight excluding hydrogens is 391 g/mol. The predicted molar refractivity (Wildman–Crippen MR) is 103 cm³/mol. The second-order valence-electron chi connectivity index (χ2n) is 7.93. The Bertz CT molecular complexity index is 1050. The van der Waals surface area contributed by atoms with E-state index in [9.17, 15) is 18.3 Å². The first-order chi connectivity index (χ1) is 13.0. The zero-order valence-corrected chi connectivity index (χ0v) is 16.0. The Morgan fingerprint density at radius 1 is 1.25 bits per heavy atom. The molecule has 0 aliphatic heterocycles. The van der Waals surface area contributed by atoms with Crippen LogP contribution in [0.1, 0.15) is 37.4 Å². The second kappa shape index (κ2) is 6.12. The Kier molecular flexibility index (Phi) is 4.17. The molecule has 8 heteroatoms. The van der Waals surface area contributed by atoms with E-state index in [0.29, 0.717) is 27.2 Å². The number of alkyl halides is 3. The molecule has 1 aromatic heterocycles. The van der Waals surface area contributed by atoms with Gasteiger partial charge in [0.15, 0.2) is 5.60 Å². The number of aliphatic hydroxyl groups is 1. The molecule has 3 N–H and O–H groups in total. The van der Waals surface area contributed by atoms with Crippen molar-refractivity contribution < 1.29 is 18.3 Å². The molecule has 1 aliphatic rings. The van der Waals surface area contributed by atoms with Crippen molar-refractivity contribution in [3.63, 3.8) is 0 Å². The van der Waals surface area contributed by atoms with Crippen LogP contribution in [-0.2, 0) is 5.41 Å². The van der Waals surface area contributed by atoms with Crippen LogP contribution in [0.15, 0.2) is 42.6 Å². The van der Waals surface area contributed by atoms with Crippen molar-refractivity contribution in [3.8, 4) is 0 Å². The van der Waals surface area contributed by atoms with Crippen LogP contribution >= 0.6 is 11.6 Å². The van der Waals surface area contributed by atoms with Crippen LogP contribution in [0, 0.1) is 0 Å². The number of rotatable bonds is 2. The van der Waals surface area contributed by atoms with Gasteiger partial charge in [-0.2, -0.15) is 18.3 Å². The summed E-state index contributed by atoms with van der Waals surface area (Å²) in [6, 6.07) is 8.63. The molecule has 1 heterocycles. The highest BCUT2D eigenvalue weighted by Crippen LogP contribution is 2.54. The first-order valence-electron chi connectivity index (χ1n) is 8.81. The van der Waals surface area contributed by atoms with Crippen LogP contribution in [0.25, 0.3) is 10.9 Å². The maximum Gasteiger partial charge on any atom is 0.419 e. The van der Waals surface area contributed by atoms with Gasteiger partial charge in [-0.05, 0) is 47.2 Å². The first-order valence-corrected chi connectivity index (χ1v) is 9.18.